The van der Waals surface area contributed by atoms with Gasteiger partial charge in [0.1, 0.15) is 0 Å². The summed E-state index contributed by atoms with van der Waals surface area (Å²) >= 11 is 0. The second kappa shape index (κ2) is 5.05. The Hall–Kier alpha value is -0.0800. The smallest absolute Gasteiger partial charge is 0.00693 e. The van der Waals surface area contributed by atoms with Crippen LogP contribution in [0.15, 0.2) is 0 Å². The van der Waals surface area contributed by atoms with Crippen molar-refractivity contribution in [3.63, 3.8) is 0 Å². The van der Waals surface area contributed by atoms with Gasteiger partial charge in [-0.25, -0.2) is 0 Å². The molecule has 3 unspecified atom stereocenters. The van der Waals surface area contributed by atoms with Gasteiger partial charge in [0.15, 0.2) is 0 Å². The lowest BCUT2D eigenvalue weighted by Crippen LogP contribution is -2.53. The molecule has 2 nitrogen and oxygen atoms in total. The van der Waals surface area contributed by atoms with Gasteiger partial charge in [-0.05, 0) is 70.6 Å². The van der Waals surface area contributed by atoms with Gasteiger partial charge in [-0.2, -0.15) is 0 Å². The third-order valence-corrected chi connectivity index (χ3v) is 5.11. The largest absolute Gasteiger partial charge is 0.316 e. The zero-order valence-corrected chi connectivity index (χ0v) is 11.3. The van der Waals surface area contributed by atoms with Crippen LogP contribution in [0.3, 0.4) is 0 Å². The fourth-order valence-corrected chi connectivity index (χ4v) is 3.85. The molecule has 2 heterocycles. The van der Waals surface area contributed by atoms with E-state index in [2.05, 4.69) is 31.1 Å². The molecule has 0 aromatic heterocycles. The highest BCUT2D eigenvalue weighted by Crippen LogP contribution is 2.46. The zero-order valence-electron chi connectivity index (χ0n) is 11.3. The maximum Gasteiger partial charge on any atom is 0.00693 e. The van der Waals surface area contributed by atoms with E-state index in [1.165, 1.54) is 51.7 Å². The first-order chi connectivity index (χ1) is 7.68. The standard InChI is InChI=1S/C14H28N2/c1-4-5-13-11-15-8-6-14(13)7-9-16(3)12(2)10-14/h12-13,15H,4-11H2,1-3H3. The molecule has 3 atom stereocenters. The monoisotopic (exact) mass is 224 g/mol. The van der Waals surface area contributed by atoms with E-state index in [0.29, 0.717) is 5.41 Å². The molecular formula is C14H28N2. The summed E-state index contributed by atoms with van der Waals surface area (Å²) in [6, 6.07) is 0.784. The lowest BCUT2D eigenvalue weighted by atomic mass is 9.62. The number of hydrogen-bond acceptors (Lipinski definition) is 2. The lowest BCUT2D eigenvalue weighted by Gasteiger charge is -2.51. The van der Waals surface area contributed by atoms with Crippen molar-refractivity contribution < 1.29 is 0 Å². The number of rotatable bonds is 2. The first-order valence-electron chi connectivity index (χ1n) is 7.09. The minimum Gasteiger partial charge on any atom is -0.316 e. The second-order valence-electron chi connectivity index (χ2n) is 6.09. The van der Waals surface area contributed by atoms with Crippen LogP contribution in [-0.2, 0) is 0 Å². The van der Waals surface area contributed by atoms with Crippen LogP contribution in [0.4, 0.5) is 0 Å². The van der Waals surface area contributed by atoms with Crippen LogP contribution in [0, 0.1) is 11.3 Å². The number of hydrogen-bond donors (Lipinski definition) is 1. The van der Waals surface area contributed by atoms with Crippen molar-refractivity contribution in [2.75, 3.05) is 26.7 Å². The van der Waals surface area contributed by atoms with Gasteiger partial charge in [0.25, 0.3) is 0 Å². The van der Waals surface area contributed by atoms with Crippen LogP contribution in [0.5, 0.6) is 0 Å². The van der Waals surface area contributed by atoms with Crippen LogP contribution in [0.1, 0.15) is 46.0 Å². The summed E-state index contributed by atoms with van der Waals surface area (Å²) in [6.45, 7) is 8.56. The summed E-state index contributed by atoms with van der Waals surface area (Å²) in [5.74, 6) is 0.933. The summed E-state index contributed by atoms with van der Waals surface area (Å²) < 4.78 is 0. The number of likely N-dealkylation sites (tertiary alicyclic amines) is 1. The Morgan fingerprint density at radius 1 is 1.38 bits per heavy atom. The minimum absolute atomic E-state index is 0.674. The van der Waals surface area contributed by atoms with E-state index in [9.17, 15) is 0 Å². The molecule has 2 saturated heterocycles. The lowest BCUT2D eigenvalue weighted by molar-refractivity contribution is -0.000220. The van der Waals surface area contributed by atoms with Gasteiger partial charge in [0.05, 0.1) is 0 Å². The molecule has 0 radical (unpaired) electrons. The Labute approximate surface area is 101 Å². The van der Waals surface area contributed by atoms with Crippen LogP contribution >= 0.6 is 0 Å². The minimum atomic E-state index is 0.674. The topological polar surface area (TPSA) is 15.3 Å². The van der Waals surface area contributed by atoms with E-state index in [0.717, 1.165) is 12.0 Å². The van der Waals surface area contributed by atoms with Crippen LogP contribution in [-0.4, -0.2) is 37.6 Å². The van der Waals surface area contributed by atoms with Crippen molar-refractivity contribution in [3.05, 3.63) is 0 Å². The molecule has 2 fully saturated rings. The Bertz CT molecular complexity index is 227. The summed E-state index contributed by atoms with van der Waals surface area (Å²) in [7, 11) is 2.29. The van der Waals surface area contributed by atoms with Gasteiger partial charge in [-0.1, -0.05) is 13.3 Å². The molecule has 0 aliphatic carbocycles. The van der Waals surface area contributed by atoms with E-state index in [1.807, 2.05) is 0 Å². The van der Waals surface area contributed by atoms with Crippen molar-refractivity contribution in [2.45, 2.75) is 52.0 Å². The number of piperidine rings is 2. The van der Waals surface area contributed by atoms with Gasteiger partial charge in [-0.3, -0.25) is 0 Å². The van der Waals surface area contributed by atoms with E-state index in [-0.39, 0.29) is 0 Å². The molecule has 94 valence electrons. The Balaban J connectivity index is 2.07. The highest BCUT2D eigenvalue weighted by molar-refractivity contribution is 4.96. The molecule has 0 amide bonds. The molecule has 16 heavy (non-hydrogen) atoms. The number of nitrogens with one attached hydrogen (secondary N) is 1. The van der Waals surface area contributed by atoms with Crippen LogP contribution < -0.4 is 5.32 Å². The third-order valence-electron chi connectivity index (χ3n) is 5.11. The fraction of sp³-hybridized carbons (Fsp3) is 1.00. The van der Waals surface area contributed by atoms with Crippen molar-refractivity contribution >= 4 is 0 Å². The molecule has 2 aliphatic rings. The van der Waals surface area contributed by atoms with Gasteiger partial charge < -0.3 is 10.2 Å². The predicted molar refractivity (Wildman–Crippen MR) is 69.6 cm³/mol. The van der Waals surface area contributed by atoms with E-state index >= 15 is 0 Å². The molecular weight excluding hydrogens is 196 g/mol. The summed E-state index contributed by atoms with van der Waals surface area (Å²) in [5, 5.41) is 3.60. The Morgan fingerprint density at radius 2 is 2.19 bits per heavy atom. The van der Waals surface area contributed by atoms with E-state index < -0.39 is 0 Å². The SMILES string of the molecule is CCCC1CNCCC12CCN(C)C(C)C2. The van der Waals surface area contributed by atoms with Gasteiger partial charge >= 0.3 is 0 Å². The molecule has 0 aromatic carbocycles. The highest BCUT2D eigenvalue weighted by atomic mass is 15.1. The molecule has 0 aromatic rings. The molecule has 1 N–H and O–H groups in total. The van der Waals surface area contributed by atoms with Gasteiger partial charge in [-0.15, -0.1) is 0 Å². The van der Waals surface area contributed by atoms with E-state index in [4.69, 9.17) is 0 Å². The maximum atomic E-state index is 3.60. The second-order valence-corrected chi connectivity index (χ2v) is 6.09. The van der Waals surface area contributed by atoms with Crippen LogP contribution in [0.2, 0.25) is 0 Å². The maximum absolute atomic E-state index is 3.60. The normalized spacial score (nSPS) is 41.4. The van der Waals surface area contributed by atoms with Crippen molar-refractivity contribution in [3.8, 4) is 0 Å². The number of nitrogens with zero attached hydrogens (tertiary/aromatic N) is 1. The fourth-order valence-electron chi connectivity index (χ4n) is 3.85. The average Bonchev–Trinajstić information content (AvgIpc) is 2.28. The summed E-state index contributed by atoms with van der Waals surface area (Å²) in [6.07, 6.45) is 7.04. The third kappa shape index (κ3) is 2.28. The quantitative estimate of drug-likeness (QED) is 0.775. The molecule has 1 spiro atoms. The molecule has 2 rings (SSSR count). The van der Waals surface area contributed by atoms with Gasteiger partial charge in [0, 0.05) is 6.04 Å². The van der Waals surface area contributed by atoms with Crippen molar-refractivity contribution in [2.24, 2.45) is 11.3 Å². The Morgan fingerprint density at radius 3 is 2.88 bits per heavy atom. The van der Waals surface area contributed by atoms with Crippen molar-refractivity contribution in [1.29, 1.82) is 0 Å². The van der Waals surface area contributed by atoms with Crippen molar-refractivity contribution in [1.82, 2.24) is 10.2 Å². The molecule has 2 heteroatoms. The van der Waals surface area contributed by atoms with Crippen LogP contribution in [0.25, 0.3) is 0 Å². The van der Waals surface area contributed by atoms with E-state index in [1.54, 1.807) is 0 Å². The Kier molecular flexibility index (Phi) is 3.91. The zero-order chi connectivity index (χ0) is 11.6. The predicted octanol–water partition coefficient (Wildman–Crippen LogP) is 2.50. The first kappa shape index (κ1) is 12.4. The summed E-state index contributed by atoms with van der Waals surface area (Å²) in [4.78, 5) is 2.54. The molecule has 2 aliphatic heterocycles. The molecule has 0 saturated carbocycles. The molecule has 0 bridgehead atoms. The highest BCUT2D eigenvalue weighted by Gasteiger charge is 2.43. The summed E-state index contributed by atoms with van der Waals surface area (Å²) in [5.41, 5.74) is 0.674. The first-order valence-corrected chi connectivity index (χ1v) is 7.09. The van der Waals surface area contributed by atoms with Gasteiger partial charge in [0.2, 0.25) is 0 Å². The average molecular weight is 224 g/mol.